The molecule has 0 bridgehead atoms. The third-order valence-corrected chi connectivity index (χ3v) is 2.73. The van der Waals surface area contributed by atoms with Crippen LogP contribution in [-0.2, 0) is 9.53 Å². The Balaban J connectivity index is 4.70. The fourth-order valence-electron chi connectivity index (χ4n) is 1.45. The van der Waals surface area contributed by atoms with Crippen LogP contribution in [0.3, 0.4) is 0 Å². The fourth-order valence-corrected chi connectivity index (χ4v) is 1.71. The number of methoxy groups -OCH3 is 1. The van der Waals surface area contributed by atoms with Crippen LogP contribution in [0.4, 0.5) is 0 Å². The Bertz CT molecular complexity index is 338. The summed E-state index contributed by atoms with van der Waals surface area (Å²) >= 11 is 6.04. The SMILES string of the molecule is C\C=C/C(Cl)=C\C(CC)=C(/C)CCC(=O)OC. The van der Waals surface area contributed by atoms with Crippen LogP contribution in [0.5, 0.6) is 0 Å². The second-order valence-corrected chi connectivity index (χ2v) is 4.20. The number of halogens is 1. The van der Waals surface area contributed by atoms with Crippen molar-refractivity contribution in [1.29, 1.82) is 0 Å². The molecule has 0 fully saturated rings. The summed E-state index contributed by atoms with van der Waals surface area (Å²) in [4.78, 5) is 11.1. The molecule has 17 heavy (non-hydrogen) atoms. The van der Waals surface area contributed by atoms with Crippen LogP contribution in [0, 0.1) is 0 Å². The second-order valence-electron chi connectivity index (χ2n) is 3.76. The van der Waals surface area contributed by atoms with Gasteiger partial charge in [0.05, 0.1) is 7.11 Å². The van der Waals surface area contributed by atoms with E-state index in [0.29, 0.717) is 17.9 Å². The number of carbonyl (C=O) groups is 1. The first-order valence-electron chi connectivity index (χ1n) is 5.80. The van der Waals surface area contributed by atoms with Crippen molar-refractivity contribution in [2.24, 2.45) is 0 Å². The monoisotopic (exact) mass is 256 g/mol. The average molecular weight is 257 g/mol. The van der Waals surface area contributed by atoms with Crippen molar-refractivity contribution < 1.29 is 9.53 Å². The summed E-state index contributed by atoms with van der Waals surface area (Å²) in [6, 6.07) is 0. The van der Waals surface area contributed by atoms with E-state index in [1.54, 1.807) is 0 Å². The average Bonchev–Trinajstić information content (AvgIpc) is 2.32. The number of carbonyl (C=O) groups excluding carboxylic acids is 1. The molecule has 0 amide bonds. The number of ether oxygens (including phenoxy) is 1. The maximum Gasteiger partial charge on any atom is 0.305 e. The predicted molar refractivity (Wildman–Crippen MR) is 73.0 cm³/mol. The van der Waals surface area contributed by atoms with E-state index in [9.17, 15) is 4.79 Å². The molecule has 0 aliphatic heterocycles. The van der Waals surface area contributed by atoms with E-state index in [-0.39, 0.29) is 5.97 Å². The Morgan fingerprint density at radius 3 is 2.47 bits per heavy atom. The highest BCUT2D eigenvalue weighted by Crippen LogP contribution is 2.19. The van der Waals surface area contributed by atoms with Gasteiger partial charge in [0.25, 0.3) is 0 Å². The molecule has 0 heterocycles. The summed E-state index contributed by atoms with van der Waals surface area (Å²) in [5.74, 6) is -0.177. The van der Waals surface area contributed by atoms with Crippen molar-refractivity contribution in [3.8, 4) is 0 Å². The lowest BCUT2D eigenvalue weighted by atomic mass is 10.0. The molecule has 0 aliphatic carbocycles. The Kier molecular flexibility index (Phi) is 8.51. The summed E-state index contributed by atoms with van der Waals surface area (Å²) in [6.45, 7) is 6.03. The minimum Gasteiger partial charge on any atom is -0.469 e. The van der Waals surface area contributed by atoms with Gasteiger partial charge in [-0.15, -0.1) is 0 Å². The lowest BCUT2D eigenvalue weighted by Crippen LogP contribution is -2.00. The molecule has 0 rings (SSSR count). The molecule has 0 spiro atoms. The number of rotatable bonds is 6. The summed E-state index contributed by atoms with van der Waals surface area (Å²) < 4.78 is 4.62. The third kappa shape index (κ3) is 7.01. The first-order valence-corrected chi connectivity index (χ1v) is 6.18. The van der Waals surface area contributed by atoms with Crippen LogP contribution in [-0.4, -0.2) is 13.1 Å². The summed E-state index contributed by atoms with van der Waals surface area (Å²) in [5.41, 5.74) is 2.36. The number of esters is 1. The summed E-state index contributed by atoms with van der Waals surface area (Å²) in [7, 11) is 1.41. The van der Waals surface area contributed by atoms with Crippen molar-refractivity contribution >= 4 is 17.6 Å². The van der Waals surface area contributed by atoms with Gasteiger partial charge >= 0.3 is 5.97 Å². The van der Waals surface area contributed by atoms with Gasteiger partial charge in [0, 0.05) is 11.5 Å². The molecule has 0 aromatic carbocycles. The molecule has 0 saturated carbocycles. The van der Waals surface area contributed by atoms with Gasteiger partial charge < -0.3 is 4.74 Å². The fraction of sp³-hybridized carbons (Fsp3) is 0.500. The first kappa shape index (κ1) is 16.0. The summed E-state index contributed by atoms with van der Waals surface area (Å²) in [5, 5.41) is 0.710. The van der Waals surface area contributed by atoms with E-state index in [0.717, 1.165) is 6.42 Å². The van der Waals surface area contributed by atoms with Crippen LogP contribution in [0.25, 0.3) is 0 Å². The lowest BCUT2D eigenvalue weighted by Gasteiger charge is -2.06. The molecule has 0 N–H and O–H groups in total. The molecule has 0 atom stereocenters. The lowest BCUT2D eigenvalue weighted by molar-refractivity contribution is -0.140. The van der Waals surface area contributed by atoms with E-state index in [1.807, 2.05) is 32.1 Å². The molecular formula is C14H21ClO2. The minimum atomic E-state index is -0.177. The van der Waals surface area contributed by atoms with E-state index >= 15 is 0 Å². The van der Waals surface area contributed by atoms with E-state index < -0.39 is 0 Å². The zero-order valence-electron chi connectivity index (χ0n) is 11.0. The molecule has 96 valence electrons. The van der Waals surface area contributed by atoms with Crippen LogP contribution in [0.15, 0.2) is 34.4 Å². The van der Waals surface area contributed by atoms with Gasteiger partial charge in [0.2, 0.25) is 0 Å². The van der Waals surface area contributed by atoms with E-state index in [1.165, 1.54) is 18.3 Å². The van der Waals surface area contributed by atoms with E-state index in [2.05, 4.69) is 11.7 Å². The highest BCUT2D eigenvalue weighted by molar-refractivity contribution is 6.31. The Hall–Kier alpha value is -1.02. The Morgan fingerprint density at radius 2 is 2.00 bits per heavy atom. The predicted octanol–water partition coefficient (Wildman–Crippen LogP) is 4.36. The van der Waals surface area contributed by atoms with Crippen molar-refractivity contribution in [2.45, 2.75) is 40.0 Å². The zero-order valence-corrected chi connectivity index (χ0v) is 11.8. The largest absolute Gasteiger partial charge is 0.469 e. The molecule has 0 unspecified atom stereocenters. The molecule has 0 saturated heterocycles. The first-order chi connectivity index (χ1) is 8.04. The van der Waals surface area contributed by atoms with Crippen molar-refractivity contribution in [3.63, 3.8) is 0 Å². The van der Waals surface area contributed by atoms with Gasteiger partial charge in [-0.25, -0.2) is 0 Å². The normalized spacial score (nSPS) is 13.8. The quantitative estimate of drug-likeness (QED) is 0.521. The zero-order chi connectivity index (χ0) is 13.3. The van der Waals surface area contributed by atoms with Gasteiger partial charge in [-0.1, -0.05) is 30.2 Å². The Labute approximate surface area is 109 Å². The molecule has 3 heteroatoms. The highest BCUT2D eigenvalue weighted by Gasteiger charge is 2.04. The smallest absolute Gasteiger partial charge is 0.305 e. The number of allylic oxidation sites excluding steroid dienone is 6. The van der Waals surface area contributed by atoms with E-state index in [4.69, 9.17) is 11.6 Å². The molecular weight excluding hydrogens is 236 g/mol. The van der Waals surface area contributed by atoms with Crippen molar-refractivity contribution in [1.82, 2.24) is 0 Å². The highest BCUT2D eigenvalue weighted by atomic mass is 35.5. The van der Waals surface area contributed by atoms with Crippen molar-refractivity contribution in [3.05, 3.63) is 34.4 Å². The third-order valence-electron chi connectivity index (χ3n) is 2.50. The topological polar surface area (TPSA) is 26.3 Å². The Morgan fingerprint density at radius 1 is 1.35 bits per heavy atom. The molecule has 0 radical (unpaired) electrons. The molecule has 0 aliphatic rings. The van der Waals surface area contributed by atoms with Crippen LogP contribution < -0.4 is 0 Å². The van der Waals surface area contributed by atoms with Gasteiger partial charge in [-0.2, -0.15) is 0 Å². The maximum atomic E-state index is 11.1. The van der Waals surface area contributed by atoms with Crippen molar-refractivity contribution in [2.75, 3.05) is 7.11 Å². The van der Waals surface area contributed by atoms with Crippen LogP contribution in [0.2, 0.25) is 0 Å². The van der Waals surface area contributed by atoms with Crippen LogP contribution >= 0.6 is 11.6 Å². The number of hydrogen-bond acceptors (Lipinski definition) is 2. The molecule has 0 aromatic heterocycles. The number of hydrogen-bond donors (Lipinski definition) is 0. The standard InChI is InChI=1S/C14H21ClO2/c1-5-7-13(15)10-12(6-2)11(3)8-9-14(16)17-4/h5,7,10H,6,8-9H2,1-4H3/b7-5-,12-11+,13-10+. The minimum absolute atomic E-state index is 0.177. The molecule has 2 nitrogen and oxygen atoms in total. The van der Waals surface area contributed by atoms with Crippen LogP contribution in [0.1, 0.15) is 40.0 Å². The van der Waals surface area contributed by atoms with Gasteiger partial charge in [0.15, 0.2) is 0 Å². The second kappa shape index (κ2) is 9.06. The molecule has 0 aromatic rings. The maximum absolute atomic E-state index is 11.1. The van der Waals surface area contributed by atoms with Gasteiger partial charge in [-0.05, 0) is 44.4 Å². The summed E-state index contributed by atoms with van der Waals surface area (Å²) in [6.07, 6.45) is 7.74. The van der Waals surface area contributed by atoms with Gasteiger partial charge in [-0.3, -0.25) is 4.79 Å². The van der Waals surface area contributed by atoms with Gasteiger partial charge in [0.1, 0.15) is 0 Å².